The summed E-state index contributed by atoms with van der Waals surface area (Å²) >= 11 is 0. The Kier molecular flexibility index (Phi) is 3.46. The van der Waals surface area contributed by atoms with Crippen molar-refractivity contribution in [2.24, 2.45) is 0 Å². The highest BCUT2D eigenvalue weighted by molar-refractivity contribution is 5.92. The minimum Gasteiger partial charge on any atom is -0.497 e. The second-order valence-corrected chi connectivity index (χ2v) is 3.53. The third-order valence-electron chi connectivity index (χ3n) is 2.49. The molecule has 2 aromatic rings. The molecule has 0 aliphatic rings. The Bertz CT molecular complexity index is 582. The van der Waals surface area contributed by atoms with E-state index in [0.717, 1.165) is 22.3 Å². The van der Waals surface area contributed by atoms with Gasteiger partial charge in [0.25, 0.3) is 0 Å². The Morgan fingerprint density at radius 3 is 3.00 bits per heavy atom. The van der Waals surface area contributed by atoms with Crippen LogP contribution < -0.4 is 10.1 Å². The molecule has 0 spiro atoms. The van der Waals surface area contributed by atoms with Crippen molar-refractivity contribution in [3.05, 3.63) is 30.5 Å². The Labute approximate surface area is 101 Å². The number of rotatable bonds is 3. The highest BCUT2D eigenvalue weighted by Gasteiger charge is 2.02. The number of aromatic nitrogens is 1. The zero-order valence-electron chi connectivity index (χ0n) is 9.95. The van der Waals surface area contributed by atoms with Crippen LogP contribution in [-0.4, -0.2) is 18.6 Å². The van der Waals surface area contributed by atoms with Crippen molar-refractivity contribution >= 4 is 16.6 Å². The van der Waals surface area contributed by atoms with E-state index in [1.165, 1.54) is 0 Å². The molecular weight excluding hydrogens is 212 g/mol. The summed E-state index contributed by atoms with van der Waals surface area (Å²) in [6, 6.07) is 7.89. The van der Waals surface area contributed by atoms with Crippen LogP contribution in [0.25, 0.3) is 10.8 Å². The molecule has 1 aromatic carbocycles. The van der Waals surface area contributed by atoms with Crippen molar-refractivity contribution in [1.82, 2.24) is 4.98 Å². The molecule has 3 nitrogen and oxygen atoms in total. The number of pyridine rings is 1. The summed E-state index contributed by atoms with van der Waals surface area (Å²) in [5, 5.41) is 5.38. The van der Waals surface area contributed by atoms with E-state index >= 15 is 0 Å². The summed E-state index contributed by atoms with van der Waals surface area (Å²) in [6.45, 7) is 2.43. The van der Waals surface area contributed by atoms with Crippen LogP contribution in [-0.2, 0) is 0 Å². The first kappa shape index (κ1) is 11.3. The Morgan fingerprint density at radius 1 is 1.35 bits per heavy atom. The molecule has 0 bridgehead atoms. The fraction of sp³-hybridized carbons (Fsp3) is 0.214. The van der Waals surface area contributed by atoms with Crippen LogP contribution in [0.2, 0.25) is 0 Å². The van der Waals surface area contributed by atoms with Gasteiger partial charge in [0.1, 0.15) is 11.6 Å². The minimum atomic E-state index is 0.606. The third-order valence-corrected chi connectivity index (χ3v) is 2.49. The number of nitrogens with zero attached hydrogens (tertiary/aromatic N) is 1. The van der Waals surface area contributed by atoms with Crippen molar-refractivity contribution in [3.63, 3.8) is 0 Å². The number of benzene rings is 1. The van der Waals surface area contributed by atoms with Gasteiger partial charge in [0.2, 0.25) is 0 Å². The summed E-state index contributed by atoms with van der Waals surface area (Å²) in [7, 11) is 1.67. The fourth-order valence-corrected chi connectivity index (χ4v) is 1.64. The quantitative estimate of drug-likeness (QED) is 0.817. The summed E-state index contributed by atoms with van der Waals surface area (Å²) in [4.78, 5) is 4.31. The van der Waals surface area contributed by atoms with Crippen molar-refractivity contribution in [2.45, 2.75) is 6.92 Å². The molecule has 0 aliphatic heterocycles. The molecule has 0 saturated carbocycles. The fourth-order valence-electron chi connectivity index (χ4n) is 1.64. The molecule has 1 heterocycles. The molecule has 0 unspecified atom stereocenters. The Hall–Kier alpha value is -2.21. The lowest BCUT2D eigenvalue weighted by molar-refractivity contribution is 0.415. The molecule has 0 aliphatic carbocycles. The van der Waals surface area contributed by atoms with Gasteiger partial charge in [-0.15, -0.1) is 5.92 Å². The van der Waals surface area contributed by atoms with Gasteiger partial charge < -0.3 is 10.1 Å². The van der Waals surface area contributed by atoms with E-state index in [2.05, 4.69) is 22.1 Å². The third kappa shape index (κ3) is 2.48. The monoisotopic (exact) mass is 226 g/mol. The Morgan fingerprint density at radius 2 is 2.24 bits per heavy atom. The maximum atomic E-state index is 5.20. The highest BCUT2D eigenvalue weighted by Crippen LogP contribution is 2.24. The maximum absolute atomic E-state index is 5.20. The predicted octanol–water partition coefficient (Wildman–Crippen LogP) is 2.68. The van der Waals surface area contributed by atoms with Crippen molar-refractivity contribution in [1.29, 1.82) is 0 Å². The summed E-state index contributed by atoms with van der Waals surface area (Å²) < 4.78 is 5.20. The smallest absolute Gasteiger partial charge is 0.134 e. The van der Waals surface area contributed by atoms with Gasteiger partial charge in [-0.2, -0.15) is 0 Å². The van der Waals surface area contributed by atoms with E-state index in [9.17, 15) is 0 Å². The van der Waals surface area contributed by atoms with Crippen LogP contribution >= 0.6 is 0 Å². The molecular formula is C14H14N2O. The van der Waals surface area contributed by atoms with Crippen LogP contribution in [0.5, 0.6) is 5.75 Å². The van der Waals surface area contributed by atoms with Gasteiger partial charge in [0, 0.05) is 11.6 Å². The Balaban J connectivity index is 2.38. The van der Waals surface area contributed by atoms with Crippen LogP contribution in [0, 0.1) is 11.8 Å². The average Bonchev–Trinajstić information content (AvgIpc) is 2.38. The normalized spacial score (nSPS) is 9.53. The van der Waals surface area contributed by atoms with E-state index in [1.54, 1.807) is 13.3 Å². The van der Waals surface area contributed by atoms with Crippen molar-refractivity contribution in [3.8, 4) is 17.6 Å². The minimum absolute atomic E-state index is 0.606. The number of anilines is 1. The van der Waals surface area contributed by atoms with Crippen LogP contribution in [0.4, 0.5) is 5.82 Å². The summed E-state index contributed by atoms with van der Waals surface area (Å²) in [6.07, 6.45) is 1.78. The van der Waals surface area contributed by atoms with Crippen molar-refractivity contribution in [2.75, 3.05) is 19.0 Å². The highest BCUT2D eigenvalue weighted by atomic mass is 16.5. The number of hydrogen-bond donors (Lipinski definition) is 1. The number of fused-ring (bicyclic) bond motifs is 1. The first-order valence-electron chi connectivity index (χ1n) is 5.41. The standard InChI is InChI=1S/C14H14N2O/c1-3-4-8-15-14-13-6-5-12(17-2)10-11(13)7-9-16-14/h5-7,9-10H,8H2,1-2H3,(H,15,16). The molecule has 17 heavy (non-hydrogen) atoms. The second-order valence-electron chi connectivity index (χ2n) is 3.53. The van der Waals surface area contributed by atoms with Crippen LogP contribution in [0.15, 0.2) is 30.5 Å². The van der Waals surface area contributed by atoms with Gasteiger partial charge >= 0.3 is 0 Å². The predicted molar refractivity (Wildman–Crippen MR) is 70.2 cm³/mol. The van der Waals surface area contributed by atoms with E-state index in [-0.39, 0.29) is 0 Å². The molecule has 0 amide bonds. The van der Waals surface area contributed by atoms with E-state index in [4.69, 9.17) is 4.74 Å². The molecule has 1 N–H and O–H groups in total. The average molecular weight is 226 g/mol. The number of hydrogen-bond acceptors (Lipinski definition) is 3. The zero-order valence-corrected chi connectivity index (χ0v) is 9.95. The van der Waals surface area contributed by atoms with Crippen LogP contribution in [0.3, 0.4) is 0 Å². The lowest BCUT2D eigenvalue weighted by Crippen LogP contribution is -2.01. The van der Waals surface area contributed by atoms with Gasteiger partial charge in [-0.25, -0.2) is 4.98 Å². The lowest BCUT2D eigenvalue weighted by Gasteiger charge is -2.07. The molecule has 3 heteroatoms. The zero-order chi connectivity index (χ0) is 12.1. The number of ether oxygens (including phenoxy) is 1. The van der Waals surface area contributed by atoms with E-state index in [0.29, 0.717) is 6.54 Å². The first-order chi connectivity index (χ1) is 8.35. The summed E-state index contributed by atoms with van der Waals surface area (Å²) in [5.74, 6) is 7.51. The number of methoxy groups -OCH3 is 1. The van der Waals surface area contributed by atoms with Crippen molar-refractivity contribution < 1.29 is 4.74 Å². The maximum Gasteiger partial charge on any atom is 0.134 e. The molecule has 0 saturated heterocycles. The molecule has 1 aromatic heterocycles. The SMILES string of the molecule is CC#CCNc1nccc2cc(OC)ccc12. The largest absolute Gasteiger partial charge is 0.497 e. The van der Waals surface area contributed by atoms with Crippen LogP contribution in [0.1, 0.15) is 6.92 Å². The van der Waals surface area contributed by atoms with Gasteiger partial charge in [-0.1, -0.05) is 5.92 Å². The second kappa shape index (κ2) is 5.22. The van der Waals surface area contributed by atoms with E-state index < -0.39 is 0 Å². The van der Waals surface area contributed by atoms with Gasteiger partial charge in [-0.3, -0.25) is 0 Å². The first-order valence-corrected chi connectivity index (χ1v) is 5.41. The molecule has 0 atom stereocenters. The molecule has 0 fully saturated rings. The number of nitrogens with one attached hydrogen (secondary N) is 1. The van der Waals surface area contributed by atoms with Gasteiger partial charge in [0.15, 0.2) is 0 Å². The molecule has 86 valence electrons. The lowest BCUT2D eigenvalue weighted by atomic mass is 10.1. The topological polar surface area (TPSA) is 34.2 Å². The van der Waals surface area contributed by atoms with Gasteiger partial charge in [-0.05, 0) is 36.6 Å². The molecule has 2 rings (SSSR count). The van der Waals surface area contributed by atoms with Gasteiger partial charge in [0.05, 0.1) is 13.7 Å². The molecule has 0 radical (unpaired) electrons. The van der Waals surface area contributed by atoms with E-state index in [1.807, 2.05) is 31.2 Å². The summed E-state index contributed by atoms with van der Waals surface area (Å²) in [5.41, 5.74) is 0.